The Hall–Kier alpha value is -2.12. The maximum absolute atomic E-state index is 5.12. The molecular weight excluding hydrogens is 324 g/mol. The summed E-state index contributed by atoms with van der Waals surface area (Å²) in [7, 11) is 1.60. The van der Waals surface area contributed by atoms with E-state index in [0.717, 1.165) is 22.1 Å². The van der Waals surface area contributed by atoms with Gasteiger partial charge in [-0.2, -0.15) is 4.98 Å². The van der Waals surface area contributed by atoms with E-state index in [4.69, 9.17) is 4.74 Å². The monoisotopic (exact) mass is 348 g/mol. The Morgan fingerprint density at radius 2 is 1.88 bits per heavy atom. The number of aryl methyl sites for hydroxylation is 1. The summed E-state index contributed by atoms with van der Waals surface area (Å²) in [6.45, 7) is 6.35. The average molecular weight is 348 g/mol. The summed E-state index contributed by atoms with van der Waals surface area (Å²) in [5.74, 6) is 1.35. The molecule has 0 aliphatic heterocycles. The van der Waals surface area contributed by atoms with Crippen LogP contribution in [0.2, 0.25) is 0 Å². The van der Waals surface area contributed by atoms with Gasteiger partial charge in [-0.3, -0.25) is 4.98 Å². The molecule has 3 heterocycles. The van der Waals surface area contributed by atoms with E-state index in [-0.39, 0.29) is 12.9 Å². The van der Waals surface area contributed by atoms with Crippen molar-refractivity contribution in [1.29, 1.82) is 0 Å². The minimum absolute atomic E-state index is 0. The SMILES string of the molecule is C.COc1ccc2[nH]c(SCc3ncc(C)c(C)c3C)nc2n1.O. The molecule has 0 unspecified atom stereocenters. The minimum Gasteiger partial charge on any atom is -0.481 e. The molecular formula is C17H24N4O2S. The number of nitrogens with one attached hydrogen (secondary N) is 1. The van der Waals surface area contributed by atoms with Gasteiger partial charge < -0.3 is 15.2 Å². The van der Waals surface area contributed by atoms with Gasteiger partial charge in [-0.15, -0.1) is 0 Å². The molecule has 0 saturated heterocycles. The first kappa shape index (κ1) is 19.9. The largest absolute Gasteiger partial charge is 0.481 e. The van der Waals surface area contributed by atoms with Gasteiger partial charge in [-0.05, 0) is 43.5 Å². The molecule has 0 saturated carbocycles. The Balaban J connectivity index is 0.00000144. The van der Waals surface area contributed by atoms with Crippen LogP contribution < -0.4 is 4.74 Å². The molecule has 3 N–H and O–H groups in total. The first-order valence-corrected chi connectivity index (χ1v) is 8.02. The number of H-pyrrole nitrogens is 1. The van der Waals surface area contributed by atoms with Crippen LogP contribution in [0, 0.1) is 20.8 Å². The zero-order chi connectivity index (χ0) is 15.7. The molecule has 6 nitrogen and oxygen atoms in total. The zero-order valence-electron chi connectivity index (χ0n) is 13.6. The molecule has 0 aliphatic carbocycles. The third kappa shape index (κ3) is 3.85. The lowest BCUT2D eigenvalue weighted by Gasteiger charge is -2.08. The van der Waals surface area contributed by atoms with Gasteiger partial charge in [0, 0.05) is 18.0 Å². The lowest BCUT2D eigenvalue weighted by atomic mass is 10.1. The standard InChI is InChI=1S/C16H18N4OS.CH4.H2O/c1-9-7-17-13(11(3)10(9)2)8-22-16-18-12-5-6-14(21-4)19-15(12)20-16;;/h5-7H,8H2,1-4H3,(H,18,19,20);1H4;1H2. The maximum atomic E-state index is 5.12. The third-order valence-corrected chi connectivity index (χ3v) is 4.74. The first-order chi connectivity index (χ1) is 10.6. The number of methoxy groups -OCH3 is 1. The fourth-order valence-corrected chi connectivity index (χ4v) is 3.10. The van der Waals surface area contributed by atoms with Crippen LogP contribution in [0.15, 0.2) is 23.5 Å². The van der Waals surface area contributed by atoms with Crippen molar-refractivity contribution in [2.75, 3.05) is 7.11 Å². The van der Waals surface area contributed by atoms with E-state index in [1.807, 2.05) is 18.3 Å². The fourth-order valence-electron chi connectivity index (χ4n) is 2.20. The number of aromatic nitrogens is 4. The van der Waals surface area contributed by atoms with E-state index in [1.165, 1.54) is 16.7 Å². The van der Waals surface area contributed by atoms with Gasteiger partial charge in [-0.1, -0.05) is 19.2 Å². The fraction of sp³-hybridized carbons (Fsp3) is 0.353. The molecule has 0 aliphatic rings. The van der Waals surface area contributed by atoms with Crippen molar-refractivity contribution in [2.24, 2.45) is 0 Å². The second kappa shape index (κ2) is 8.12. The highest BCUT2D eigenvalue weighted by atomic mass is 32.2. The summed E-state index contributed by atoms with van der Waals surface area (Å²) in [5, 5.41) is 0.843. The zero-order valence-corrected chi connectivity index (χ0v) is 14.4. The molecule has 3 aromatic heterocycles. The van der Waals surface area contributed by atoms with E-state index in [1.54, 1.807) is 18.9 Å². The van der Waals surface area contributed by atoms with E-state index in [9.17, 15) is 0 Å². The van der Waals surface area contributed by atoms with Crippen LogP contribution in [-0.4, -0.2) is 32.5 Å². The Bertz CT molecular complexity index is 833. The van der Waals surface area contributed by atoms with Gasteiger partial charge in [0.25, 0.3) is 0 Å². The van der Waals surface area contributed by atoms with E-state index >= 15 is 0 Å². The molecule has 7 heteroatoms. The van der Waals surface area contributed by atoms with Crippen LogP contribution in [-0.2, 0) is 5.75 Å². The van der Waals surface area contributed by atoms with Crippen LogP contribution in [0.25, 0.3) is 11.2 Å². The number of thioether (sulfide) groups is 1. The number of hydrogen-bond acceptors (Lipinski definition) is 5. The molecule has 0 bridgehead atoms. The number of imidazole rings is 1. The number of nitrogens with zero attached hydrogens (tertiary/aromatic N) is 3. The summed E-state index contributed by atoms with van der Waals surface area (Å²) < 4.78 is 5.12. The van der Waals surface area contributed by atoms with Crippen LogP contribution in [0.4, 0.5) is 0 Å². The molecule has 0 aromatic carbocycles. The summed E-state index contributed by atoms with van der Waals surface area (Å²) in [5.41, 5.74) is 6.47. The Kier molecular flexibility index (Phi) is 6.74. The molecule has 3 aromatic rings. The topological polar surface area (TPSA) is 95.2 Å². The summed E-state index contributed by atoms with van der Waals surface area (Å²) in [6, 6.07) is 3.75. The summed E-state index contributed by atoms with van der Waals surface area (Å²) in [6.07, 6.45) is 1.93. The smallest absolute Gasteiger partial charge is 0.215 e. The summed E-state index contributed by atoms with van der Waals surface area (Å²) in [4.78, 5) is 16.6. The van der Waals surface area contributed by atoms with Crippen molar-refractivity contribution in [2.45, 2.75) is 39.1 Å². The van der Waals surface area contributed by atoms with Crippen LogP contribution in [0.1, 0.15) is 29.8 Å². The molecule has 3 rings (SSSR count). The number of aromatic amines is 1. The van der Waals surface area contributed by atoms with Crippen molar-refractivity contribution in [3.63, 3.8) is 0 Å². The Morgan fingerprint density at radius 1 is 1.12 bits per heavy atom. The molecule has 130 valence electrons. The van der Waals surface area contributed by atoms with E-state index in [2.05, 4.69) is 40.7 Å². The maximum Gasteiger partial charge on any atom is 0.215 e. The number of fused-ring (bicyclic) bond motifs is 1. The highest BCUT2D eigenvalue weighted by molar-refractivity contribution is 7.98. The van der Waals surface area contributed by atoms with Gasteiger partial charge in [-0.25, -0.2) is 4.98 Å². The Morgan fingerprint density at radius 3 is 2.58 bits per heavy atom. The highest BCUT2D eigenvalue weighted by Gasteiger charge is 2.09. The molecule has 0 amide bonds. The minimum atomic E-state index is 0. The molecule has 0 atom stereocenters. The van der Waals surface area contributed by atoms with Crippen molar-refractivity contribution >= 4 is 22.9 Å². The molecule has 24 heavy (non-hydrogen) atoms. The van der Waals surface area contributed by atoms with Gasteiger partial charge in [0.15, 0.2) is 10.8 Å². The van der Waals surface area contributed by atoms with E-state index in [0.29, 0.717) is 11.5 Å². The highest BCUT2D eigenvalue weighted by Crippen LogP contribution is 2.25. The number of rotatable bonds is 4. The number of pyridine rings is 2. The number of hydrogen-bond donors (Lipinski definition) is 1. The van der Waals surface area contributed by atoms with Gasteiger partial charge in [0.05, 0.1) is 18.3 Å². The van der Waals surface area contributed by atoms with Gasteiger partial charge in [0.1, 0.15) is 0 Å². The second-order valence-corrected chi connectivity index (χ2v) is 6.16. The van der Waals surface area contributed by atoms with Crippen LogP contribution >= 0.6 is 11.8 Å². The van der Waals surface area contributed by atoms with Crippen molar-refractivity contribution in [3.8, 4) is 5.88 Å². The van der Waals surface area contributed by atoms with Gasteiger partial charge >= 0.3 is 0 Å². The van der Waals surface area contributed by atoms with Crippen molar-refractivity contribution < 1.29 is 10.2 Å². The van der Waals surface area contributed by atoms with Crippen molar-refractivity contribution in [1.82, 2.24) is 19.9 Å². The van der Waals surface area contributed by atoms with Crippen LogP contribution in [0.5, 0.6) is 5.88 Å². The molecule has 0 radical (unpaired) electrons. The molecule has 0 fully saturated rings. The second-order valence-electron chi connectivity index (χ2n) is 5.19. The lowest BCUT2D eigenvalue weighted by molar-refractivity contribution is 0.399. The Labute approximate surface area is 146 Å². The lowest BCUT2D eigenvalue weighted by Crippen LogP contribution is -1.97. The van der Waals surface area contributed by atoms with Gasteiger partial charge in [0.2, 0.25) is 5.88 Å². The third-order valence-electron chi connectivity index (χ3n) is 3.85. The quantitative estimate of drug-likeness (QED) is 0.729. The average Bonchev–Trinajstić information content (AvgIpc) is 2.93. The van der Waals surface area contributed by atoms with Crippen LogP contribution in [0.3, 0.4) is 0 Å². The predicted molar refractivity (Wildman–Crippen MR) is 98.8 cm³/mol. The normalized spacial score (nSPS) is 10.2. The molecule has 0 spiro atoms. The first-order valence-electron chi connectivity index (χ1n) is 7.03. The summed E-state index contributed by atoms with van der Waals surface area (Å²) >= 11 is 1.63. The predicted octanol–water partition coefficient (Wildman–Crippen LogP) is 3.39. The van der Waals surface area contributed by atoms with Crippen molar-refractivity contribution in [3.05, 3.63) is 40.7 Å². The van der Waals surface area contributed by atoms with E-state index < -0.39 is 0 Å². The number of ether oxygens (including phenoxy) is 1.